The standard InChI is InChI=1S/C14H22N2O3/c1-9(2)13(15-11(4)17)14(18)16(5)8-12-7-6-10(3)19-12/h6-7,9,13H,8H2,1-5H3,(H,15,17)/t13-/m1/s1. The summed E-state index contributed by atoms with van der Waals surface area (Å²) in [5.41, 5.74) is 0. The first kappa shape index (κ1) is 15.3. The molecular weight excluding hydrogens is 244 g/mol. The summed E-state index contributed by atoms with van der Waals surface area (Å²) in [5, 5.41) is 2.69. The second kappa shape index (κ2) is 6.41. The van der Waals surface area contributed by atoms with E-state index in [9.17, 15) is 9.59 Å². The second-order valence-electron chi connectivity index (χ2n) is 5.13. The molecule has 2 amide bonds. The van der Waals surface area contributed by atoms with Crippen molar-refractivity contribution in [2.24, 2.45) is 5.92 Å². The van der Waals surface area contributed by atoms with Gasteiger partial charge in [0.1, 0.15) is 17.6 Å². The predicted octanol–water partition coefficient (Wildman–Crippen LogP) is 1.71. The van der Waals surface area contributed by atoms with Crippen LogP contribution in [-0.2, 0) is 16.1 Å². The highest BCUT2D eigenvalue weighted by molar-refractivity contribution is 5.86. The topological polar surface area (TPSA) is 62.6 Å². The number of likely N-dealkylation sites (N-methyl/N-ethyl adjacent to an activating group) is 1. The molecule has 0 aromatic carbocycles. The number of amides is 2. The minimum Gasteiger partial charge on any atom is -0.464 e. The fourth-order valence-electron chi connectivity index (χ4n) is 1.85. The first-order valence-corrected chi connectivity index (χ1v) is 6.38. The molecular formula is C14H22N2O3. The van der Waals surface area contributed by atoms with Gasteiger partial charge >= 0.3 is 0 Å². The second-order valence-corrected chi connectivity index (χ2v) is 5.13. The lowest BCUT2D eigenvalue weighted by Crippen LogP contribution is -2.49. The maximum absolute atomic E-state index is 12.3. The number of carbonyl (C=O) groups excluding carboxylic acids is 2. The summed E-state index contributed by atoms with van der Waals surface area (Å²) in [4.78, 5) is 25.0. The Kier molecular flexibility index (Phi) is 5.15. The van der Waals surface area contributed by atoms with Crippen LogP contribution in [0.3, 0.4) is 0 Å². The van der Waals surface area contributed by atoms with Crippen molar-refractivity contribution in [2.45, 2.75) is 40.3 Å². The van der Waals surface area contributed by atoms with Gasteiger partial charge in [0.2, 0.25) is 11.8 Å². The molecule has 0 radical (unpaired) electrons. The van der Waals surface area contributed by atoms with Crippen molar-refractivity contribution in [1.82, 2.24) is 10.2 Å². The fourth-order valence-corrected chi connectivity index (χ4v) is 1.85. The Hall–Kier alpha value is -1.78. The first-order valence-electron chi connectivity index (χ1n) is 6.38. The van der Waals surface area contributed by atoms with Crippen molar-refractivity contribution in [2.75, 3.05) is 7.05 Å². The van der Waals surface area contributed by atoms with E-state index in [1.807, 2.05) is 32.9 Å². The zero-order valence-electron chi connectivity index (χ0n) is 12.2. The number of carbonyl (C=O) groups is 2. The minimum atomic E-state index is -0.501. The number of nitrogens with one attached hydrogen (secondary N) is 1. The molecule has 0 fully saturated rings. The molecule has 0 spiro atoms. The van der Waals surface area contributed by atoms with Crippen LogP contribution < -0.4 is 5.32 Å². The average Bonchev–Trinajstić information content (AvgIpc) is 2.70. The highest BCUT2D eigenvalue weighted by Gasteiger charge is 2.26. The Labute approximate surface area is 114 Å². The van der Waals surface area contributed by atoms with Crippen LogP contribution >= 0.6 is 0 Å². The van der Waals surface area contributed by atoms with Gasteiger partial charge in [-0.2, -0.15) is 0 Å². The zero-order valence-corrected chi connectivity index (χ0v) is 12.2. The Balaban J connectivity index is 2.70. The molecule has 1 atom stereocenters. The van der Waals surface area contributed by atoms with Crippen LogP contribution in [0.15, 0.2) is 16.5 Å². The third-order valence-corrected chi connectivity index (χ3v) is 2.86. The highest BCUT2D eigenvalue weighted by atomic mass is 16.3. The molecule has 5 heteroatoms. The first-order chi connectivity index (χ1) is 8.81. The Bertz CT molecular complexity index is 451. The molecule has 106 valence electrons. The summed E-state index contributed by atoms with van der Waals surface area (Å²) in [5.74, 6) is 1.28. The molecule has 0 aliphatic heterocycles. The monoisotopic (exact) mass is 266 g/mol. The number of nitrogens with zero attached hydrogens (tertiary/aromatic N) is 1. The van der Waals surface area contributed by atoms with Crippen molar-refractivity contribution >= 4 is 11.8 Å². The van der Waals surface area contributed by atoms with Crippen LogP contribution in [0.4, 0.5) is 0 Å². The molecule has 1 N–H and O–H groups in total. The van der Waals surface area contributed by atoms with E-state index in [0.717, 1.165) is 11.5 Å². The van der Waals surface area contributed by atoms with Gasteiger partial charge in [-0.25, -0.2) is 0 Å². The maximum atomic E-state index is 12.3. The van der Waals surface area contributed by atoms with Crippen molar-refractivity contribution in [3.8, 4) is 0 Å². The van der Waals surface area contributed by atoms with Crippen molar-refractivity contribution in [3.05, 3.63) is 23.7 Å². The van der Waals surface area contributed by atoms with Gasteiger partial charge in [-0.05, 0) is 25.0 Å². The Morgan fingerprint density at radius 1 is 1.37 bits per heavy atom. The van der Waals surface area contributed by atoms with Gasteiger partial charge in [-0.1, -0.05) is 13.8 Å². The molecule has 1 rings (SSSR count). The maximum Gasteiger partial charge on any atom is 0.245 e. The van der Waals surface area contributed by atoms with Crippen LogP contribution in [0.25, 0.3) is 0 Å². The molecule has 0 saturated heterocycles. The van der Waals surface area contributed by atoms with E-state index in [4.69, 9.17) is 4.42 Å². The zero-order chi connectivity index (χ0) is 14.6. The SMILES string of the molecule is CC(=O)N[C@@H](C(=O)N(C)Cc1ccc(C)o1)C(C)C. The number of rotatable bonds is 5. The van der Waals surface area contributed by atoms with E-state index in [1.165, 1.54) is 6.92 Å². The third-order valence-electron chi connectivity index (χ3n) is 2.86. The van der Waals surface area contributed by atoms with Gasteiger partial charge in [-0.15, -0.1) is 0 Å². The molecule has 1 heterocycles. The molecule has 0 bridgehead atoms. The summed E-state index contributed by atoms with van der Waals surface area (Å²) in [6.45, 7) is 7.49. The van der Waals surface area contributed by atoms with Gasteiger partial charge < -0.3 is 14.6 Å². The average molecular weight is 266 g/mol. The van der Waals surface area contributed by atoms with E-state index in [2.05, 4.69) is 5.32 Å². The number of hydrogen-bond acceptors (Lipinski definition) is 3. The smallest absolute Gasteiger partial charge is 0.245 e. The van der Waals surface area contributed by atoms with E-state index in [0.29, 0.717) is 6.54 Å². The van der Waals surface area contributed by atoms with Crippen molar-refractivity contribution in [3.63, 3.8) is 0 Å². The Morgan fingerprint density at radius 3 is 2.42 bits per heavy atom. The molecule has 0 aliphatic rings. The van der Waals surface area contributed by atoms with Gasteiger partial charge in [0.05, 0.1) is 6.54 Å². The van der Waals surface area contributed by atoms with Crippen molar-refractivity contribution < 1.29 is 14.0 Å². The van der Waals surface area contributed by atoms with Gasteiger partial charge in [-0.3, -0.25) is 9.59 Å². The summed E-state index contributed by atoms with van der Waals surface area (Å²) < 4.78 is 5.44. The molecule has 0 saturated carbocycles. The minimum absolute atomic E-state index is 0.0391. The van der Waals surface area contributed by atoms with Crippen LogP contribution in [0, 0.1) is 12.8 Å². The highest BCUT2D eigenvalue weighted by Crippen LogP contribution is 2.11. The molecule has 0 unspecified atom stereocenters. The molecule has 19 heavy (non-hydrogen) atoms. The third kappa shape index (κ3) is 4.43. The molecule has 1 aromatic heterocycles. The van der Waals surface area contributed by atoms with E-state index >= 15 is 0 Å². The lowest BCUT2D eigenvalue weighted by Gasteiger charge is -2.26. The number of aryl methyl sites for hydroxylation is 1. The number of furan rings is 1. The van der Waals surface area contributed by atoms with Crippen LogP contribution in [0.5, 0.6) is 0 Å². The predicted molar refractivity (Wildman–Crippen MR) is 72.4 cm³/mol. The quantitative estimate of drug-likeness (QED) is 0.882. The fraction of sp³-hybridized carbons (Fsp3) is 0.571. The molecule has 5 nitrogen and oxygen atoms in total. The molecule has 0 aliphatic carbocycles. The van der Waals surface area contributed by atoms with Crippen LogP contribution in [0.2, 0.25) is 0 Å². The van der Waals surface area contributed by atoms with Gasteiger partial charge in [0, 0.05) is 14.0 Å². The van der Waals surface area contributed by atoms with Gasteiger partial charge in [0.15, 0.2) is 0 Å². The van der Waals surface area contributed by atoms with Crippen LogP contribution in [-0.4, -0.2) is 29.8 Å². The largest absolute Gasteiger partial charge is 0.464 e. The lowest BCUT2D eigenvalue weighted by molar-refractivity contribution is -0.136. The van der Waals surface area contributed by atoms with Crippen LogP contribution in [0.1, 0.15) is 32.3 Å². The lowest BCUT2D eigenvalue weighted by atomic mass is 10.0. The summed E-state index contributed by atoms with van der Waals surface area (Å²) in [7, 11) is 1.71. The van der Waals surface area contributed by atoms with Gasteiger partial charge in [0.25, 0.3) is 0 Å². The van der Waals surface area contributed by atoms with Crippen molar-refractivity contribution in [1.29, 1.82) is 0 Å². The number of hydrogen-bond donors (Lipinski definition) is 1. The van der Waals surface area contributed by atoms with E-state index in [-0.39, 0.29) is 17.7 Å². The summed E-state index contributed by atoms with van der Waals surface area (Å²) in [6, 6.07) is 3.21. The van der Waals surface area contributed by atoms with E-state index < -0.39 is 6.04 Å². The summed E-state index contributed by atoms with van der Waals surface area (Å²) in [6.07, 6.45) is 0. The molecule has 1 aromatic rings. The normalized spacial score (nSPS) is 12.3. The van der Waals surface area contributed by atoms with E-state index in [1.54, 1.807) is 11.9 Å². The summed E-state index contributed by atoms with van der Waals surface area (Å²) >= 11 is 0. The Morgan fingerprint density at radius 2 is 2.00 bits per heavy atom.